The Morgan fingerprint density at radius 1 is 1.28 bits per heavy atom. The molecule has 2 aromatic rings. The van der Waals surface area contributed by atoms with Crippen molar-refractivity contribution in [3.63, 3.8) is 0 Å². The zero-order valence-electron chi connectivity index (χ0n) is 13.7. The number of halogens is 1. The van der Waals surface area contributed by atoms with Gasteiger partial charge in [-0.2, -0.15) is 5.10 Å². The molecule has 0 atom stereocenters. The van der Waals surface area contributed by atoms with E-state index < -0.39 is 0 Å². The first kappa shape index (κ1) is 17.1. The SMILES string of the molecule is NC(=O)CN1CCC(NC(=O)c2cn[nH]c2-c2ccc(F)cc2)CC1. The van der Waals surface area contributed by atoms with Crippen molar-refractivity contribution < 1.29 is 14.0 Å². The van der Waals surface area contributed by atoms with E-state index in [0.29, 0.717) is 29.9 Å². The third-order valence-electron chi connectivity index (χ3n) is 4.32. The van der Waals surface area contributed by atoms with Gasteiger partial charge in [-0.15, -0.1) is 0 Å². The van der Waals surface area contributed by atoms with Crippen LogP contribution >= 0.6 is 0 Å². The van der Waals surface area contributed by atoms with Gasteiger partial charge in [-0.25, -0.2) is 4.39 Å². The number of carbonyl (C=O) groups is 2. The first-order valence-electron chi connectivity index (χ1n) is 8.14. The number of nitrogens with one attached hydrogen (secondary N) is 2. The van der Waals surface area contributed by atoms with Crippen LogP contribution in [-0.4, -0.2) is 52.6 Å². The summed E-state index contributed by atoms with van der Waals surface area (Å²) in [6.07, 6.45) is 2.97. The third kappa shape index (κ3) is 4.21. The minimum atomic E-state index is -0.343. The van der Waals surface area contributed by atoms with Crippen LogP contribution in [0.1, 0.15) is 23.2 Å². The number of aromatic amines is 1. The number of hydrogen-bond acceptors (Lipinski definition) is 4. The van der Waals surface area contributed by atoms with E-state index in [-0.39, 0.29) is 30.2 Å². The number of nitrogens with zero attached hydrogens (tertiary/aromatic N) is 2. The summed E-state index contributed by atoms with van der Waals surface area (Å²) in [5.74, 6) is -0.900. The molecule has 0 bridgehead atoms. The fraction of sp³-hybridized carbons (Fsp3) is 0.353. The lowest BCUT2D eigenvalue weighted by molar-refractivity contribution is -0.119. The molecule has 132 valence electrons. The van der Waals surface area contributed by atoms with E-state index in [2.05, 4.69) is 15.5 Å². The lowest BCUT2D eigenvalue weighted by Gasteiger charge is -2.31. The normalized spacial score (nSPS) is 15.9. The topological polar surface area (TPSA) is 104 Å². The summed E-state index contributed by atoms with van der Waals surface area (Å²) < 4.78 is 13.1. The van der Waals surface area contributed by atoms with Crippen LogP contribution in [0.25, 0.3) is 11.3 Å². The number of hydrogen-bond donors (Lipinski definition) is 3. The minimum absolute atomic E-state index is 0.0348. The van der Waals surface area contributed by atoms with Crippen molar-refractivity contribution in [3.8, 4) is 11.3 Å². The zero-order chi connectivity index (χ0) is 17.8. The molecule has 2 amide bonds. The maximum atomic E-state index is 13.1. The lowest BCUT2D eigenvalue weighted by Crippen LogP contribution is -2.46. The lowest BCUT2D eigenvalue weighted by atomic mass is 10.0. The molecule has 0 saturated carbocycles. The second-order valence-corrected chi connectivity index (χ2v) is 6.16. The number of nitrogens with two attached hydrogens (primary N) is 1. The zero-order valence-corrected chi connectivity index (χ0v) is 13.7. The molecule has 0 aliphatic carbocycles. The molecule has 1 aliphatic heterocycles. The maximum Gasteiger partial charge on any atom is 0.255 e. The summed E-state index contributed by atoms with van der Waals surface area (Å²) in [5, 5.41) is 9.74. The average molecular weight is 345 g/mol. The molecule has 4 N–H and O–H groups in total. The number of primary amides is 1. The first-order chi connectivity index (χ1) is 12.0. The molecule has 0 unspecified atom stereocenters. The van der Waals surface area contributed by atoms with Crippen LogP contribution in [0.15, 0.2) is 30.5 Å². The van der Waals surface area contributed by atoms with Crippen molar-refractivity contribution >= 4 is 11.8 Å². The van der Waals surface area contributed by atoms with Crippen molar-refractivity contribution in [2.24, 2.45) is 5.73 Å². The standard InChI is InChI=1S/C17H20FN5O2/c18-12-3-1-11(2-4-12)16-14(9-20-22-16)17(25)21-13-5-7-23(8-6-13)10-15(19)24/h1-4,9,13H,5-8,10H2,(H2,19,24)(H,20,22)(H,21,25). The number of carbonyl (C=O) groups excluding carboxylic acids is 2. The molecule has 8 heteroatoms. The number of rotatable bonds is 5. The highest BCUT2D eigenvalue weighted by Crippen LogP contribution is 2.22. The Morgan fingerprint density at radius 3 is 2.60 bits per heavy atom. The van der Waals surface area contributed by atoms with E-state index >= 15 is 0 Å². The van der Waals surface area contributed by atoms with Crippen LogP contribution in [0, 0.1) is 5.82 Å². The summed E-state index contributed by atoms with van der Waals surface area (Å²) in [6.45, 7) is 1.67. The predicted octanol–water partition coefficient (Wildman–Crippen LogP) is 0.895. The summed E-state index contributed by atoms with van der Waals surface area (Å²) in [4.78, 5) is 25.5. The van der Waals surface area contributed by atoms with E-state index in [4.69, 9.17) is 5.73 Å². The smallest absolute Gasteiger partial charge is 0.255 e. The number of piperidine rings is 1. The van der Waals surface area contributed by atoms with E-state index in [9.17, 15) is 14.0 Å². The molecule has 1 saturated heterocycles. The van der Waals surface area contributed by atoms with Crippen LogP contribution in [0.3, 0.4) is 0 Å². The fourth-order valence-electron chi connectivity index (χ4n) is 3.01. The Labute approximate surface area is 144 Å². The summed E-state index contributed by atoms with van der Waals surface area (Å²) in [6, 6.07) is 5.91. The third-order valence-corrected chi connectivity index (χ3v) is 4.32. The minimum Gasteiger partial charge on any atom is -0.369 e. The fourth-order valence-corrected chi connectivity index (χ4v) is 3.01. The van der Waals surface area contributed by atoms with Gasteiger partial charge >= 0.3 is 0 Å². The van der Waals surface area contributed by atoms with Crippen LogP contribution in [-0.2, 0) is 4.79 Å². The molecule has 0 spiro atoms. The molecule has 7 nitrogen and oxygen atoms in total. The van der Waals surface area contributed by atoms with Gasteiger partial charge in [0.25, 0.3) is 5.91 Å². The van der Waals surface area contributed by atoms with Crippen molar-refractivity contribution in [2.45, 2.75) is 18.9 Å². The van der Waals surface area contributed by atoms with E-state index in [1.165, 1.54) is 18.3 Å². The van der Waals surface area contributed by atoms with Gasteiger partial charge in [0.05, 0.1) is 24.0 Å². The van der Waals surface area contributed by atoms with Gasteiger partial charge in [-0.05, 0) is 37.1 Å². The maximum absolute atomic E-state index is 13.1. The van der Waals surface area contributed by atoms with Gasteiger partial charge < -0.3 is 11.1 Å². The highest BCUT2D eigenvalue weighted by atomic mass is 19.1. The Balaban J connectivity index is 1.62. The molecular weight excluding hydrogens is 325 g/mol. The number of benzene rings is 1. The second kappa shape index (κ2) is 7.43. The van der Waals surface area contributed by atoms with E-state index in [1.807, 2.05) is 4.90 Å². The molecule has 1 aromatic carbocycles. The molecule has 3 rings (SSSR count). The van der Waals surface area contributed by atoms with Gasteiger partial charge in [0.2, 0.25) is 5.91 Å². The van der Waals surface area contributed by atoms with Gasteiger partial charge in [0, 0.05) is 24.7 Å². The Kier molecular flexibility index (Phi) is 5.08. The molecule has 1 fully saturated rings. The largest absolute Gasteiger partial charge is 0.369 e. The van der Waals surface area contributed by atoms with Crippen LogP contribution < -0.4 is 11.1 Å². The number of aromatic nitrogens is 2. The van der Waals surface area contributed by atoms with E-state index in [0.717, 1.165) is 12.8 Å². The van der Waals surface area contributed by atoms with Crippen molar-refractivity contribution in [2.75, 3.05) is 19.6 Å². The molecule has 1 aliphatic rings. The Hall–Kier alpha value is -2.74. The highest BCUT2D eigenvalue weighted by Gasteiger charge is 2.23. The molecule has 25 heavy (non-hydrogen) atoms. The summed E-state index contributed by atoms with van der Waals surface area (Å²) in [5.41, 5.74) is 6.88. The second-order valence-electron chi connectivity index (χ2n) is 6.16. The summed E-state index contributed by atoms with van der Waals surface area (Å²) in [7, 11) is 0. The van der Waals surface area contributed by atoms with Gasteiger partial charge in [0.15, 0.2) is 0 Å². The molecule has 1 aromatic heterocycles. The van der Waals surface area contributed by atoms with Gasteiger partial charge in [0.1, 0.15) is 5.82 Å². The Bertz CT molecular complexity index is 751. The van der Waals surface area contributed by atoms with Gasteiger partial charge in [-0.3, -0.25) is 19.6 Å². The van der Waals surface area contributed by atoms with Crippen LogP contribution in [0.4, 0.5) is 4.39 Å². The highest BCUT2D eigenvalue weighted by molar-refractivity contribution is 5.99. The molecule has 2 heterocycles. The molecule has 0 radical (unpaired) electrons. The molecular formula is C17H20FN5O2. The summed E-state index contributed by atoms with van der Waals surface area (Å²) >= 11 is 0. The van der Waals surface area contributed by atoms with Crippen LogP contribution in [0.2, 0.25) is 0 Å². The number of likely N-dealkylation sites (tertiary alicyclic amines) is 1. The quantitative estimate of drug-likeness (QED) is 0.749. The average Bonchev–Trinajstić information content (AvgIpc) is 3.06. The van der Waals surface area contributed by atoms with Crippen LogP contribution in [0.5, 0.6) is 0 Å². The first-order valence-corrected chi connectivity index (χ1v) is 8.14. The van der Waals surface area contributed by atoms with Gasteiger partial charge in [-0.1, -0.05) is 0 Å². The van der Waals surface area contributed by atoms with E-state index in [1.54, 1.807) is 12.1 Å². The Morgan fingerprint density at radius 2 is 1.96 bits per heavy atom. The van der Waals surface area contributed by atoms with Crippen molar-refractivity contribution in [1.82, 2.24) is 20.4 Å². The van der Waals surface area contributed by atoms with Crippen molar-refractivity contribution in [3.05, 3.63) is 41.8 Å². The number of H-pyrrole nitrogens is 1. The monoisotopic (exact) mass is 345 g/mol. The number of amides is 2. The predicted molar refractivity (Wildman–Crippen MR) is 90.1 cm³/mol. The van der Waals surface area contributed by atoms with Crippen molar-refractivity contribution in [1.29, 1.82) is 0 Å².